The normalized spacial score (nSPS) is 10.5. The Morgan fingerprint density at radius 3 is 2.52 bits per heavy atom. The number of aromatic nitrogens is 2. The van der Waals surface area contributed by atoms with Crippen molar-refractivity contribution in [1.29, 1.82) is 0 Å². The summed E-state index contributed by atoms with van der Waals surface area (Å²) in [6.07, 6.45) is 2.28. The van der Waals surface area contributed by atoms with E-state index < -0.39 is 11.6 Å². The van der Waals surface area contributed by atoms with E-state index in [0.29, 0.717) is 16.1 Å². The molecule has 0 radical (unpaired) electrons. The third-order valence-electron chi connectivity index (χ3n) is 2.59. The Kier molecular flexibility index (Phi) is 5.46. The van der Waals surface area contributed by atoms with Crippen LogP contribution in [0.2, 0.25) is 0 Å². The van der Waals surface area contributed by atoms with E-state index in [1.165, 1.54) is 6.33 Å². The van der Waals surface area contributed by atoms with E-state index in [9.17, 15) is 8.78 Å². The van der Waals surface area contributed by atoms with Crippen molar-refractivity contribution in [2.45, 2.75) is 13.3 Å². The highest BCUT2D eigenvalue weighted by Crippen LogP contribution is 2.31. The van der Waals surface area contributed by atoms with Crippen LogP contribution < -0.4 is 10.6 Å². The van der Waals surface area contributed by atoms with Crippen LogP contribution in [0.5, 0.6) is 0 Å². The third-order valence-corrected chi connectivity index (χ3v) is 3.95. The Morgan fingerprint density at radius 1 is 1.10 bits per heavy atom. The van der Waals surface area contributed by atoms with Crippen molar-refractivity contribution >= 4 is 49.2 Å². The molecule has 0 aliphatic heterocycles. The van der Waals surface area contributed by atoms with Crippen LogP contribution in [0.3, 0.4) is 0 Å². The minimum absolute atomic E-state index is 0.00320. The number of hydrogen-bond donors (Lipinski definition) is 2. The van der Waals surface area contributed by atoms with E-state index in [2.05, 4.69) is 52.5 Å². The summed E-state index contributed by atoms with van der Waals surface area (Å²) >= 11 is 6.28. The zero-order valence-corrected chi connectivity index (χ0v) is 14.2. The van der Waals surface area contributed by atoms with Crippen molar-refractivity contribution in [1.82, 2.24) is 9.97 Å². The summed E-state index contributed by atoms with van der Waals surface area (Å²) < 4.78 is 27.9. The maximum absolute atomic E-state index is 13.8. The van der Waals surface area contributed by atoms with Gasteiger partial charge in [-0.15, -0.1) is 0 Å². The van der Waals surface area contributed by atoms with Crippen molar-refractivity contribution in [3.8, 4) is 0 Å². The van der Waals surface area contributed by atoms with E-state index in [4.69, 9.17) is 0 Å². The summed E-state index contributed by atoms with van der Waals surface area (Å²) in [4.78, 5) is 8.11. The lowest BCUT2D eigenvalue weighted by Gasteiger charge is -2.12. The second-order valence-corrected chi connectivity index (χ2v) is 5.83. The van der Waals surface area contributed by atoms with Crippen LogP contribution in [0.1, 0.15) is 13.3 Å². The fraction of sp³-hybridized carbons (Fsp3) is 0.231. The van der Waals surface area contributed by atoms with Crippen LogP contribution in [-0.4, -0.2) is 16.5 Å². The fourth-order valence-electron chi connectivity index (χ4n) is 1.57. The topological polar surface area (TPSA) is 49.8 Å². The molecule has 0 unspecified atom stereocenters. The van der Waals surface area contributed by atoms with Crippen molar-refractivity contribution in [2.75, 3.05) is 17.2 Å². The van der Waals surface area contributed by atoms with Gasteiger partial charge < -0.3 is 10.6 Å². The average Bonchev–Trinajstić information content (AvgIpc) is 2.45. The van der Waals surface area contributed by atoms with Gasteiger partial charge in [0.05, 0.1) is 10.2 Å². The Labute approximate surface area is 137 Å². The lowest BCUT2D eigenvalue weighted by molar-refractivity contribution is 0.597. The van der Waals surface area contributed by atoms with Crippen molar-refractivity contribution in [3.05, 3.63) is 39.0 Å². The van der Waals surface area contributed by atoms with Gasteiger partial charge in [0.2, 0.25) is 0 Å². The molecule has 1 aromatic carbocycles. The molecule has 8 heteroatoms. The summed E-state index contributed by atoms with van der Waals surface area (Å²) in [6.45, 7) is 2.78. The van der Waals surface area contributed by atoms with Crippen LogP contribution in [0.15, 0.2) is 27.4 Å². The van der Waals surface area contributed by atoms with Crippen LogP contribution >= 0.6 is 31.9 Å². The van der Waals surface area contributed by atoms with Crippen LogP contribution in [0, 0.1) is 11.6 Å². The number of benzene rings is 1. The highest BCUT2D eigenvalue weighted by atomic mass is 79.9. The maximum atomic E-state index is 13.8. The van der Waals surface area contributed by atoms with E-state index >= 15 is 0 Å². The van der Waals surface area contributed by atoms with Gasteiger partial charge in [0.15, 0.2) is 0 Å². The molecule has 2 N–H and O–H groups in total. The number of nitrogens with one attached hydrogen (secondary N) is 2. The first kappa shape index (κ1) is 16.1. The van der Waals surface area contributed by atoms with Crippen LogP contribution in [0.4, 0.5) is 26.1 Å². The zero-order chi connectivity index (χ0) is 15.4. The first-order valence-corrected chi connectivity index (χ1v) is 7.77. The molecule has 0 spiro atoms. The predicted octanol–water partition coefficient (Wildman–Crippen LogP) is 4.85. The number of rotatable bonds is 5. The molecule has 0 fully saturated rings. The molecule has 0 aliphatic carbocycles. The molecule has 0 amide bonds. The highest BCUT2D eigenvalue weighted by Gasteiger charge is 2.13. The standard InChI is InChI=1S/C13H12Br2F2N4/c1-2-3-18-12-11(15)13(20-6-19-12)21-10-5-8(16)7(14)4-9(10)17/h4-6H,2-3H2,1H3,(H2,18,19,20,21). The van der Waals surface area contributed by atoms with Crippen molar-refractivity contribution in [2.24, 2.45) is 0 Å². The maximum Gasteiger partial charge on any atom is 0.150 e. The zero-order valence-electron chi connectivity index (χ0n) is 11.1. The SMILES string of the molecule is CCCNc1ncnc(Nc2cc(F)c(Br)cc2F)c1Br. The smallest absolute Gasteiger partial charge is 0.150 e. The molecular weight excluding hydrogens is 410 g/mol. The molecule has 0 bridgehead atoms. The molecule has 0 saturated carbocycles. The van der Waals surface area contributed by atoms with Gasteiger partial charge >= 0.3 is 0 Å². The molecule has 112 valence electrons. The molecule has 1 aromatic heterocycles. The summed E-state index contributed by atoms with van der Waals surface area (Å²) in [5.41, 5.74) is -0.00320. The third kappa shape index (κ3) is 3.88. The molecule has 2 rings (SSSR count). The summed E-state index contributed by atoms with van der Waals surface area (Å²) in [6, 6.07) is 2.12. The first-order valence-electron chi connectivity index (χ1n) is 6.18. The van der Waals surface area contributed by atoms with Crippen LogP contribution in [0.25, 0.3) is 0 Å². The lowest BCUT2D eigenvalue weighted by Crippen LogP contribution is -2.06. The van der Waals surface area contributed by atoms with Gasteiger partial charge in [0.25, 0.3) is 0 Å². The molecule has 0 aliphatic rings. The van der Waals surface area contributed by atoms with Gasteiger partial charge in [-0.2, -0.15) is 0 Å². The van der Waals surface area contributed by atoms with Crippen LogP contribution in [-0.2, 0) is 0 Å². The summed E-state index contributed by atoms with van der Waals surface area (Å²) in [5, 5.41) is 5.86. The summed E-state index contributed by atoms with van der Waals surface area (Å²) in [7, 11) is 0. The van der Waals surface area contributed by atoms with E-state index in [0.717, 1.165) is 25.1 Å². The lowest BCUT2D eigenvalue weighted by atomic mass is 10.3. The Bertz CT molecular complexity index is 652. The van der Waals surface area contributed by atoms with E-state index in [1.54, 1.807) is 0 Å². The first-order chi connectivity index (χ1) is 10.0. The molecule has 2 aromatic rings. The Hall–Kier alpha value is -1.28. The van der Waals surface area contributed by atoms with Crippen molar-refractivity contribution in [3.63, 3.8) is 0 Å². The number of nitrogens with zero attached hydrogens (tertiary/aromatic N) is 2. The predicted molar refractivity (Wildman–Crippen MR) is 85.9 cm³/mol. The minimum atomic E-state index is -0.586. The van der Waals surface area contributed by atoms with Crippen molar-refractivity contribution < 1.29 is 8.78 Å². The van der Waals surface area contributed by atoms with Gasteiger partial charge in [0.1, 0.15) is 34.1 Å². The van der Waals surface area contributed by atoms with E-state index in [1.807, 2.05) is 6.92 Å². The van der Waals surface area contributed by atoms with E-state index in [-0.39, 0.29) is 10.2 Å². The van der Waals surface area contributed by atoms with Gasteiger partial charge in [-0.3, -0.25) is 0 Å². The van der Waals surface area contributed by atoms with Gasteiger partial charge in [-0.05, 0) is 44.3 Å². The van der Waals surface area contributed by atoms with Gasteiger partial charge in [0, 0.05) is 12.6 Å². The molecule has 0 saturated heterocycles. The average molecular weight is 422 g/mol. The monoisotopic (exact) mass is 420 g/mol. The molecule has 21 heavy (non-hydrogen) atoms. The number of halogens is 4. The molecule has 4 nitrogen and oxygen atoms in total. The Morgan fingerprint density at radius 2 is 1.81 bits per heavy atom. The number of anilines is 3. The second kappa shape index (κ2) is 7.13. The largest absolute Gasteiger partial charge is 0.369 e. The molecular formula is C13H12Br2F2N4. The fourth-order valence-corrected chi connectivity index (χ4v) is 2.33. The highest BCUT2D eigenvalue weighted by molar-refractivity contribution is 9.11. The Balaban J connectivity index is 2.29. The number of hydrogen-bond acceptors (Lipinski definition) is 4. The summed E-state index contributed by atoms with van der Waals surface area (Å²) in [5.74, 6) is -0.207. The quantitative estimate of drug-likeness (QED) is 0.678. The molecule has 1 heterocycles. The second-order valence-electron chi connectivity index (χ2n) is 4.18. The van der Waals surface area contributed by atoms with Gasteiger partial charge in [-0.1, -0.05) is 6.92 Å². The molecule has 0 atom stereocenters. The van der Waals surface area contributed by atoms with Gasteiger partial charge in [-0.25, -0.2) is 18.7 Å². The minimum Gasteiger partial charge on any atom is -0.369 e.